The molecular weight excluding hydrogens is 176 g/mol. The number of carbonyl (C=O) groups is 2. The molecule has 0 aromatic rings. The third-order valence-electron chi connectivity index (χ3n) is 1.57. The standard InChI is InChI=1S/C8H14O5/c9-6(5-8(12)13)3-1-2-4-7(10)11/h6,9H,1-5H2,(H,10,11)(H,12,13)/p-2. The molecule has 0 aromatic heterocycles. The normalized spacial score (nSPS) is 12.4. The van der Waals surface area contributed by atoms with Gasteiger partial charge in [-0.1, -0.05) is 6.42 Å². The van der Waals surface area contributed by atoms with Gasteiger partial charge in [-0.2, -0.15) is 0 Å². The number of carboxylic acids is 2. The van der Waals surface area contributed by atoms with Crippen LogP contribution in [0.25, 0.3) is 0 Å². The lowest BCUT2D eigenvalue weighted by molar-refractivity contribution is -0.308. The molecule has 1 unspecified atom stereocenters. The zero-order valence-corrected chi connectivity index (χ0v) is 7.19. The Hall–Kier alpha value is -1.10. The van der Waals surface area contributed by atoms with E-state index in [-0.39, 0.29) is 12.8 Å². The van der Waals surface area contributed by atoms with E-state index >= 15 is 0 Å². The minimum atomic E-state index is -1.30. The van der Waals surface area contributed by atoms with Crippen LogP contribution in [0, 0.1) is 0 Å². The van der Waals surface area contributed by atoms with E-state index in [1.54, 1.807) is 0 Å². The molecule has 76 valence electrons. The maximum absolute atomic E-state index is 9.98. The van der Waals surface area contributed by atoms with Crippen LogP contribution in [0.3, 0.4) is 0 Å². The van der Waals surface area contributed by atoms with Gasteiger partial charge in [0.05, 0.1) is 6.10 Å². The number of hydrogen-bond acceptors (Lipinski definition) is 5. The van der Waals surface area contributed by atoms with Gasteiger partial charge in [0.15, 0.2) is 0 Å². The van der Waals surface area contributed by atoms with Crippen molar-refractivity contribution in [1.82, 2.24) is 0 Å². The number of carboxylic acid groups (broad SMARTS) is 2. The van der Waals surface area contributed by atoms with E-state index in [0.29, 0.717) is 12.8 Å². The van der Waals surface area contributed by atoms with Gasteiger partial charge in [0.25, 0.3) is 0 Å². The van der Waals surface area contributed by atoms with E-state index in [2.05, 4.69) is 0 Å². The molecule has 0 bridgehead atoms. The van der Waals surface area contributed by atoms with E-state index in [1.165, 1.54) is 0 Å². The van der Waals surface area contributed by atoms with Crippen LogP contribution >= 0.6 is 0 Å². The summed E-state index contributed by atoms with van der Waals surface area (Å²) < 4.78 is 0. The Bertz CT molecular complexity index is 177. The predicted molar refractivity (Wildman–Crippen MR) is 39.1 cm³/mol. The highest BCUT2D eigenvalue weighted by molar-refractivity contribution is 5.64. The molecule has 0 heterocycles. The number of aliphatic hydroxyl groups excluding tert-OH is 1. The van der Waals surface area contributed by atoms with Gasteiger partial charge < -0.3 is 24.9 Å². The summed E-state index contributed by atoms with van der Waals surface area (Å²) in [5.74, 6) is -2.43. The number of aliphatic carboxylic acids is 2. The number of hydrogen-bond donors (Lipinski definition) is 1. The van der Waals surface area contributed by atoms with E-state index in [1.807, 2.05) is 0 Å². The van der Waals surface area contributed by atoms with Crippen molar-refractivity contribution in [3.63, 3.8) is 0 Å². The zero-order valence-electron chi connectivity index (χ0n) is 7.19. The molecule has 0 fully saturated rings. The second kappa shape index (κ2) is 6.42. The van der Waals surface area contributed by atoms with Crippen LogP contribution in [0.15, 0.2) is 0 Å². The first kappa shape index (κ1) is 11.9. The van der Waals surface area contributed by atoms with Crippen molar-refractivity contribution >= 4 is 11.9 Å². The fraction of sp³-hybridized carbons (Fsp3) is 0.750. The molecule has 5 heteroatoms. The Morgan fingerprint density at radius 1 is 1.15 bits per heavy atom. The van der Waals surface area contributed by atoms with Crippen LogP contribution < -0.4 is 10.2 Å². The van der Waals surface area contributed by atoms with Gasteiger partial charge in [0, 0.05) is 18.4 Å². The molecule has 0 saturated carbocycles. The Balaban J connectivity index is 3.31. The lowest BCUT2D eigenvalue weighted by atomic mass is 10.1. The van der Waals surface area contributed by atoms with Crippen LogP contribution in [0.5, 0.6) is 0 Å². The number of unbranched alkanes of at least 4 members (excludes halogenated alkanes) is 1. The Labute approximate surface area is 76.0 Å². The summed E-state index contributed by atoms with van der Waals surface area (Å²) in [6.45, 7) is 0. The third kappa shape index (κ3) is 8.81. The Morgan fingerprint density at radius 2 is 1.77 bits per heavy atom. The molecule has 0 radical (unpaired) electrons. The van der Waals surface area contributed by atoms with Crippen molar-refractivity contribution < 1.29 is 24.9 Å². The largest absolute Gasteiger partial charge is 0.550 e. The fourth-order valence-electron chi connectivity index (χ4n) is 0.944. The van der Waals surface area contributed by atoms with Gasteiger partial charge in [0.2, 0.25) is 0 Å². The van der Waals surface area contributed by atoms with E-state index in [9.17, 15) is 19.8 Å². The minimum absolute atomic E-state index is 0.0575. The summed E-state index contributed by atoms with van der Waals surface area (Å²) in [5.41, 5.74) is 0. The third-order valence-corrected chi connectivity index (χ3v) is 1.57. The molecular formula is C8H12O5-2. The van der Waals surface area contributed by atoms with Crippen LogP contribution in [0.2, 0.25) is 0 Å². The van der Waals surface area contributed by atoms with Gasteiger partial charge in [-0.05, 0) is 19.3 Å². The average molecular weight is 188 g/mol. The number of rotatable bonds is 7. The molecule has 0 aliphatic rings. The van der Waals surface area contributed by atoms with Crippen molar-refractivity contribution in [3.05, 3.63) is 0 Å². The predicted octanol–water partition coefficient (Wildman–Crippen LogP) is -2.20. The maximum atomic E-state index is 9.98. The first-order chi connectivity index (χ1) is 6.02. The van der Waals surface area contributed by atoms with Gasteiger partial charge in [-0.25, -0.2) is 0 Å². The smallest absolute Gasteiger partial charge is 0.0592 e. The molecule has 0 aliphatic heterocycles. The molecule has 0 saturated heterocycles. The molecule has 1 N–H and O–H groups in total. The lowest BCUT2D eigenvalue weighted by Crippen LogP contribution is -2.27. The summed E-state index contributed by atoms with van der Waals surface area (Å²) in [6.07, 6.45) is -0.244. The van der Waals surface area contributed by atoms with Gasteiger partial charge in [0.1, 0.15) is 0 Å². The van der Waals surface area contributed by atoms with Crippen LogP contribution in [-0.2, 0) is 9.59 Å². The van der Waals surface area contributed by atoms with Crippen molar-refractivity contribution in [1.29, 1.82) is 0 Å². The van der Waals surface area contributed by atoms with Crippen LogP contribution in [0.1, 0.15) is 32.1 Å². The second-order valence-electron chi connectivity index (χ2n) is 2.85. The zero-order chi connectivity index (χ0) is 10.3. The molecule has 1 atom stereocenters. The monoisotopic (exact) mass is 188 g/mol. The highest BCUT2D eigenvalue weighted by Gasteiger charge is 2.03. The van der Waals surface area contributed by atoms with Crippen molar-refractivity contribution in [2.75, 3.05) is 0 Å². The summed E-state index contributed by atoms with van der Waals surface area (Å²) in [5, 5.41) is 28.9. The summed E-state index contributed by atoms with van der Waals surface area (Å²) in [4.78, 5) is 19.9. The molecule has 0 aromatic carbocycles. The second-order valence-corrected chi connectivity index (χ2v) is 2.85. The fourth-order valence-corrected chi connectivity index (χ4v) is 0.944. The van der Waals surface area contributed by atoms with Gasteiger partial charge >= 0.3 is 0 Å². The number of carbonyl (C=O) groups excluding carboxylic acids is 2. The quantitative estimate of drug-likeness (QED) is 0.457. The summed E-state index contributed by atoms with van der Waals surface area (Å²) >= 11 is 0. The first-order valence-electron chi connectivity index (χ1n) is 4.10. The molecule has 0 rings (SSSR count). The lowest BCUT2D eigenvalue weighted by Gasteiger charge is -2.10. The maximum Gasteiger partial charge on any atom is 0.0592 e. The van der Waals surface area contributed by atoms with E-state index in [0.717, 1.165) is 0 Å². The summed E-state index contributed by atoms with van der Waals surface area (Å²) in [6, 6.07) is 0. The highest BCUT2D eigenvalue weighted by Crippen LogP contribution is 2.05. The Morgan fingerprint density at radius 3 is 2.23 bits per heavy atom. The average Bonchev–Trinajstić information content (AvgIpc) is 1.96. The molecule has 0 spiro atoms. The number of aliphatic hydroxyl groups is 1. The topological polar surface area (TPSA) is 100 Å². The molecule has 0 aliphatic carbocycles. The van der Waals surface area contributed by atoms with Gasteiger partial charge in [-0.3, -0.25) is 0 Å². The molecule has 5 nitrogen and oxygen atoms in total. The van der Waals surface area contributed by atoms with Crippen LogP contribution in [-0.4, -0.2) is 23.1 Å². The van der Waals surface area contributed by atoms with Crippen molar-refractivity contribution in [2.45, 2.75) is 38.2 Å². The molecule has 0 amide bonds. The SMILES string of the molecule is O=C([O-])CCCCC(O)CC(=O)[O-]. The van der Waals surface area contributed by atoms with Crippen molar-refractivity contribution in [2.24, 2.45) is 0 Å². The molecule has 13 heavy (non-hydrogen) atoms. The van der Waals surface area contributed by atoms with E-state index in [4.69, 9.17) is 5.11 Å². The first-order valence-corrected chi connectivity index (χ1v) is 4.10. The Kier molecular flexibility index (Phi) is 5.88. The summed E-state index contributed by atoms with van der Waals surface area (Å²) in [7, 11) is 0. The van der Waals surface area contributed by atoms with Crippen LogP contribution in [0.4, 0.5) is 0 Å². The van der Waals surface area contributed by atoms with E-state index < -0.39 is 24.5 Å². The van der Waals surface area contributed by atoms with Crippen molar-refractivity contribution in [3.8, 4) is 0 Å². The minimum Gasteiger partial charge on any atom is -0.550 e. The van der Waals surface area contributed by atoms with Gasteiger partial charge in [-0.15, -0.1) is 0 Å². The highest BCUT2D eigenvalue weighted by atomic mass is 16.4.